The Morgan fingerprint density at radius 3 is 2.76 bits per heavy atom. The van der Waals surface area contributed by atoms with Gasteiger partial charge in [-0.1, -0.05) is 11.9 Å². The zero-order chi connectivity index (χ0) is 25.9. The van der Waals surface area contributed by atoms with Crippen molar-refractivity contribution in [3.63, 3.8) is 0 Å². The molecule has 3 aromatic heterocycles. The largest absolute Gasteiger partial charge is 0.439 e. The van der Waals surface area contributed by atoms with E-state index in [2.05, 4.69) is 44.6 Å². The topological polar surface area (TPSA) is 77.3 Å². The first kappa shape index (κ1) is 25.2. The molecule has 4 aromatic rings. The minimum Gasteiger partial charge on any atom is -0.439 e. The van der Waals surface area contributed by atoms with E-state index in [9.17, 15) is 0 Å². The fraction of sp³-hybridized carbons (Fsp3) is 0.379. The number of hydrogen-bond acceptors (Lipinski definition) is 7. The highest BCUT2D eigenvalue weighted by Gasteiger charge is 2.36. The second-order valence-electron chi connectivity index (χ2n) is 10.1. The van der Waals surface area contributed by atoms with Crippen LogP contribution in [0.5, 0.6) is 11.6 Å². The summed E-state index contributed by atoms with van der Waals surface area (Å²) in [4.78, 5) is 12.1. The highest BCUT2D eigenvalue weighted by molar-refractivity contribution is 8.13. The number of hydrogen-bond donors (Lipinski definition) is 1. The number of ether oxygens (including phenoxy) is 2. The molecule has 8 nitrogen and oxygen atoms in total. The van der Waals surface area contributed by atoms with Gasteiger partial charge < -0.3 is 14.8 Å². The quantitative estimate of drug-likeness (QED) is 0.233. The summed E-state index contributed by atoms with van der Waals surface area (Å²) in [5.74, 6) is 6.25. The molecule has 0 radical (unpaired) electrons. The van der Waals surface area contributed by atoms with E-state index in [1.54, 1.807) is 12.4 Å². The van der Waals surface area contributed by atoms with Crippen LogP contribution in [-0.2, 0) is 18.0 Å². The van der Waals surface area contributed by atoms with Crippen LogP contribution in [0, 0.1) is 0 Å². The van der Waals surface area contributed by atoms with Crippen molar-refractivity contribution in [1.82, 2.24) is 30.0 Å². The van der Waals surface area contributed by atoms with E-state index in [0.717, 1.165) is 59.0 Å². The van der Waals surface area contributed by atoms with Gasteiger partial charge in [0, 0.05) is 68.3 Å². The van der Waals surface area contributed by atoms with Crippen LogP contribution in [-0.4, -0.2) is 74.3 Å². The van der Waals surface area contributed by atoms with Gasteiger partial charge in [0.25, 0.3) is 0 Å². The van der Waals surface area contributed by atoms with Gasteiger partial charge in [0.2, 0.25) is 5.88 Å². The summed E-state index contributed by atoms with van der Waals surface area (Å²) in [6.07, 6.45) is 8.27. The highest BCUT2D eigenvalue weighted by atomic mass is 32.2. The molecule has 3 atom stereocenters. The Morgan fingerprint density at radius 1 is 1.11 bits per heavy atom. The van der Waals surface area contributed by atoms with Crippen molar-refractivity contribution in [3.8, 4) is 22.9 Å². The lowest BCUT2D eigenvalue weighted by Gasteiger charge is -2.34. The van der Waals surface area contributed by atoms with Gasteiger partial charge in [-0.3, -0.25) is 9.88 Å². The zero-order valence-electron chi connectivity index (χ0n) is 21.8. The number of piperazine rings is 1. The maximum absolute atomic E-state index is 6.07. The van der Waals surface area contributed by atoms with Gasteiger partial charge >= 0.3 is 0 Å². The highest BCUT2D eigenvalue weighted by Crippen LogP contribution is 2.30. The number of aromatic nitrogens is 4. The fourth-order valence-electron chi connectivity index (χ4n) is 5.36. The Bertz CT molecular complexity index is 1410. The number of benzene rings is 1. The van der Waals surface area contributed by atoms with Crippen molar-refractivity contribution < 1.29 is 10.9 Å². The summed E-state index contributed by atoms with van der Waals surface area (Å²) in [5.41, 5.74) is 4.03. The maximum atomic E-state index is 6.07. The molecule has 1 N–H and O–H groups in total. The van der Waals surface area contributed by atoms with E-state index >= 15 is 0 Å². The number of pyridine rings is 2. The van der Waals surface area contributed by atoms with Gasteiger partial charge in [-0.2, -0.15) is 15.6 Å². The maximum Gasteiger partial charge on any atom is 0.219 e. The van der Waals surface area contributed by atoms with E-state index in [-0.39, 0.29) is 11.9 Å². The summed E-state index contributed by atoms with van der Waals surface area (Å²) in [6, 6.07) is 17.4. The van der Waals surface area contributed by atoms with E-state index in [0.29, 0.717) is 31.3 Å². The third-order valence-corrected chi connectivity index (χ3v) is 8.22. The van der Waals surface area contributed by atoms with Crippen molar-refractivity contribution in [2.24, 2.45) is 0 Å². The van der Waals surface area contributed by atoms with Crippen molar-refractivity contribution in [3.05, 3.63) is 66.6 Å². The minimum absolute atomic E-state index is 0. The number of nitrogens with zero attached hydrogens (tertiary/aromatic N) is 5. The first-order valence-electron chi connectivity index (χ1n) is 13.1. The minimum atomic E-state index is 0. The molecule has 2 unspecified atom stereocenters. The average Bonchev–Trinajstić information content (AvgIpc) is 3.46. The van der Waals surface area contributed by atoms with Gasteiger partial charge in [-0.25, -0.2) is 9.67 Å². The van der Waals surface area contributed by atoms with E-state index in [1.165, 1.54) is 12.8 Å². The lowest BCUT2D eigenvalue weighted by atomic mass is 10.1. The summed E-state index contributed by atoms with van der Waals surface area (Å²) >= 11 is 0. The summed E-state index contributed by atoms with van der Waals surface area (Å²) in [7, 11) is 0.128. The standard InChI is InChI=1S/C29H34N6O2S.H2/c1-38(2)14-13-36-20-35-28(11-12-32-35)22-4-10-29(31-16-22)37-26-8-9-27-21(15-26)3-5-23(33-27)19-34-24-6-7-25(34)18-30-17-24;/h3-5,8-12,15-16,24-25,30H,1,6-7,13-14,17-20H2,2H3;1H/t24?,25?,38-;/m0./s1. The van der Waals surface area contributed by atoms with Crippen LogP contribution in [0.1, 0.15) is 20.0 Å². The van der Waals surface area contributed by atoms with Crippen LogP contribution in [0.2, 0.25) is 0 Å². The molecule has 0 spiro atoms. The van der Waals surface area contributed by atoms with Gasteiger partial charge in [0.15, 0.2) is 0 Å². The molecular formula is C29H36N6O2S. The predicted molar refractivity (Wildman–Crippen MR) is 156 cm³/mol. The predicted octanol–water partition coefficient (Wildman–Crippen LogP) is 4.77. The Hall–Kier alpha value is -3.11. The van der Waals surface area contributed by atoms with Crippen LogP contribution in [0.3, 0.4) is 0 Å². The molecule has 2 fully saturated rings. The van der Waals surface area contributed by atoms with Gasteiger partial charge in [-0.15, -0.1) is 0 Å². The fourth-order valence-corrected chi connectivity index (χ4v) is 5.76. The molecule has 38 heavy (non-hydrogen) atoms. The smallest absolute Gasteiger partial charge is 0.219 e. The van der Waals surface area contributed by atoms with E-state index in [1.807, 2.05) is 41.1 Å². The van der Waals surface area contributed by atoms with Crippen LogP contribution < -0.4 is 10.1 Å². The average molecular weight is 533 g/mol. The Kier molecular flexibility index (Phi) is 7.51. The molecule has 200 valence electrons. The van der Waals surface area contributed by atoms with Crippen molar-refractivity contribution in [2.45, 2.75) is 38.2 Å². The van der Waals surface area contributed by atoms with Crippen LogP contribution in [0.4, 0.5) is 0 Å². The molecule has 2 bridgehead atoms. The molecule has 2 aliphatic heterocycles. The Morgan fingerprint density at radius 2 is 1.97 bits per heavy atom. The molecule has 0 aliphatic carbocycles. The zero-order valence-corrected chi connectivity index (χ0v) is 22.6. The lowest BCUT2D eigenvalue weighted by molar-refractivity contribution is 0.0824. The van der Waals surface area contributed by atoms with E-state index in [4.69, 9.17) is 14.5 Å². The molecule has 1 aromatic carbocycles. The second kappa shape index (κ2) is 11.3. The Labute approximate surface area is 227 Å². The van der Waals surface area contributed by atoms with Crippen LogP contribution in [0.25, 0.3) is 22.2 Å². The van der Waals surface area contributed by atoms with Gasteiger partial charge in [-0.05, 0) is 55.5 Å². The Balaban J connectivity index is 0.00000308. The number of nitrogens with one attached hydrogen (secondary N) is 1. The monoisotopic (exact) mass is 532 g/mol. The molecule has 5 heterocycles. The normalized spacial score (nSPS) is 20.1. The third-order valence-electron chi connectivity index (χ3n) is 7.35. The third kappa shape index (κ3) is 5.66. The number of rotatable bonds is 10. The van der Waals surface area contributed by atoms with Crippen LogP contribution >= 0.6 is 10.5 Å². The molecule has 2 saturated heterocycles. The lowest BCUT2D eigenvalue weighted by Crippen LogP contribution is -2.51. The van der Waals surface area contributed by atoms with E-state index < -0.39 is 0 Å². The molecule has 2 aliphatic rings. The number of fused-ring (bicyclic) bond motifs is 3. The van der Waals surface area contributed by atoms with Gasteiger partial charge in [0.1, 0.15) is 12.5 Å². The SMILES string of the molecule is C=[S@@](C)CCOCn1nccc1-c1ccc(Oc2ccc3nc(CN4C5CCC4CNC5)ccc3c2)nc1.[HH]. The van der Waals surface area contributed by atoms with Crippen molar-refractivity contribution in [2.75, 3.05) is 31.7 Å². The first-order valence-corrected chi connectivity index (χ1v) is 15.1. The van der Waals surface area contributed by atoms with Crippen molar-refractivity contribution >= 4 is 27.3 Å². The molecule has 9 heteroatoms. The molecule has 0 amide bonds. The molecular weight excluding hydrogens is 496 g/mol. The molecule has 6 rings (SSSR count). The first-order chi connectivity index (χ1) is 18.6. The summed E-state index contributed by atoms with van der Waals surface area (Å²) < 4.78 is 13.7. The van der Waals surface area contributed by atoms with Gasteiger partial charge in [0.05, 0.1) is 23.5 Å². The second-order valence-corrected chi connectivity index (χ2v) is 12.1. The molecule has 0 saturated carbocycles. The van der Waals surface area contributed by atoms with Crippen LogP contribution in [0.15, 0.2) is 60.9 Å². The van der Waals surface area contributed by atoms with Crippen molar-refractivity contribution in [1.29, 1.82) is 0 Å². The summed E-state index contributed by atoms with van der Waals surface area (Å²) in [6.45, 7) is 4.18. The summed E-state index contributed by atoms with van der Waals surface area (Å²) in [5, 5.41) is 9.00.